The van der Waals surface area contributed by atoms with Gasteiger partial charge < -0.3 is 10.2 Å². The van der Waals surface area contributed by atoms with Crippen LogP contribution in [0.15, 0.2) is 33.4 Å². The van der Waals surface area contributed by atoms with Gasteiger partial charge in [0.1, 0.15) is 4.88 Å². The van der Waals surface area contributed by atoms with Crippen molar-refractivity contribution in [3.8, 4) is 0 Å². The summed E-state index contributed by atoms with van der Waals surface area (Å²) in [5.74, 6) is -0.0229. The molecule has 0 fully saturated rings. The first-order valence-electron chi connectivity index (χ1n) is 5.80. The molecular formula is C13H15BrN2OS2. The van der Waals surface area contributed by atoms with Gasteiger partial charge in [-0.1, -0.05) is 6.07 Å². The van der Waals surface area contributed by atoms with Gasteiger partial charge in [0.05, 0.1) is 6.04 Å². The first kappa shape index (κ1) is 14.7. The molecule has 0 aromatic carbocycles. The molecular weight excluding hydrogens is 344 g/mol. The van der Waals surface area contributed by atoms with E-state index in [4.69, 9.17) is 0 Å². The number of carbonyl (C=O) groups is 1. The predicted octanol–water partition coefficient (Wildman–Crippen LogP) is 3.60. The quantitative estimate of drug-likeness (QED) is 0.885. The van der Waals surface area contributed by atoms with Crippen molar-refractivity contribution in [2.24, 2.45) is 0 Å². The van der Waals surface area contributed by atoms with Crippen LogP contribution in [0.4, 0.5) is 0 Å². The number of carbonyl (C=O) groups excluding carboxylic acids is 1. The topological polar surface area (TPSA) is 32.3 Å². The number of likely N-dealkylation sites (N-methyl/N-ethyl adjacent to an activating group) is 1. The fourth-order valence-corrected chi connectivity index (χ4v) is 4.13. The van der Waals surface area contributed by atoms with E-state index in [1.807, 2.05) is 31.6 Å². The predicted molar refractivity (Wildman–Crippen MR) is 85.1 cm³/mol. The van der Waals surface area contributed by atoms with Gasteiger partial charge in [-0.3, -0.25) is 4.79 Å². The highest BCUT2D eigenvalue weighted by Crippen LogP contribution is 2.24. The lowest BCUT2D eigenvalue weighted by molar-refractivity contribution is 0.0945. The molecule has 2 rings (SSSR count). The molecule has 102 valence electrons. The van der Waals surface area contributed by atoms with Gasteiger partial charge >= 0.3 is 0 Å². The Balaban J connectivity index is 2.00. The van der Waals surface area contributed by atoms with Crippen molar-refractivity contribution in [3.05, 3.63) is 43.2 Å². The van der Waals surface area contributed by atoms with Crippen LogP contribution in [-0.4, -0.2) is 31.4 Å². The van der Waals surface area contributed by atoms with Crippen molar-refractivity contribution >= 4 is 44.5 Å². The number of amides is 1. The number of halogens is 1. The molecule has 1 amide bonds. The smallest absolute Gasteiger partial charge is 0.262 e. The Morgan fingerprint density at radius 2 is 2.16 bits per heavy atom. The first-order chi connectivity index (χ1) is 9.09. The third-order valence-electron chi connectivity index (χ3n) is 2.77. The van der Waals surface area contributed by atoms with Crippen molar-refractivity contribution in [1.82, 2.24) is 10.2 Å². The van der Waals surface area contributed by atoms with E-state index < -0.39 is 0 Å². The van der Waals surface area contributed by atoms with Crippen LogP contribution in [0.3, 0.4) is 0 Å². The van der Waals surface area contributed by atoms with Gasteiger partial charge in [-0.05, 0) is 52.9 Å². The Morgan fingerprint density at radius 1 is 1.37 bits per heavy atom. The zero-order chi connectivity index (χ0) is 13.8. The van der Waals surface area contributed by atoms with Crippen LogP contribution in [0, 0.1) is 0 Å². The van der Waals surface area contributed by atoms with Crippen LogP contribution in [-0.2, 0) is 0 Å². The van der Waals surface area contributed by atoms with E-state index >= 15 is 0 Å². The van der Waals surface area contributed by atoms with Gasteiger partial charge in [-0.15, -0.1) is 22.7 Å². The summed E-state index contributed by atoms with van der Waals surface area (Å²) < 4.78 is 0.854. The second-order valence-electron chi connectivity index (χ2n) is 4.30. The average molecular weight is 359 g/mol. The Kier molecular flexibility index (Phi) is 5.15. The lowest BCUT2D eigenvalue weighted by atomic mass is 10.2. The maximum atomic E-state index is 12.1. The molecule has 0 aliphatic heterocycles. The summed E-state index contributed by atoms with van der Waals surface area (Å²) in [4.78, 5) is 16.2. The zero-order valence-corrected chi connectivity index (χ0v) is 13.9. The van der Waals surface area contributed by atoms with Gasteiger partial charge in [0.25, 0.3) is 5.91 Å². The minimum atomic E-state index is -0.0229. The van der Waals surface area contributed by atoms with Gasteiger partial charge in [0, 0.05) is 15.9 Å². The monoisotopic (exact) mass is 358 g/mol. The molecule has 0 spiro atoms. The fraction of sp³-hybridized carbons (Fsp3) is 0.308. The van der Waals surface area contributed by atoms with Gasteiger partial charge in [-0.25, -0.2) is 0 Å². The van der Waals surface area contributed by atoms with E-state index in [2.05, 4.69) is 37.6 Å². The van der Waals surface area contributed by atoms with E-state index in [9.17, 15) is 4.79 Å². The number of rotatable bonds is 5. The maximum Gasteiger partial charge on any atom is 0.262 e. The molecule has 2 aromatic rings. The SMILES string of the molecule is CN(C)C(CNC(=O)c1sccc1Br)c1cccs1. The van der Waals surface area contributed by atoms with Crippen LogP contribution >= 0.6 is 38.6 Å². The molecule has 1 atom stereocenters. The van der Waals surface area contributed by atoms with E-state index in [1.165, 1.54) is 16.2 Å². The van der Waals surface area contributed by atoms with Crippen molar-refractivity contribution in [3.63, 3.8) is 0 Å². The summed E-state index contributed by atoms with van der Waals surface area (Å²) in [6, 6.07) is 6.24. The third-order valence-corrected chi connectivity index (χ3v) is 5.58. The fourth-order valence-electron chi connectivity index (χ4n) is 1.74. The molecule has 2 heterocycles. The Labute approximate surface area is 129 Å². The van der Waals surface area contributed by atoms with Crippen LogP contribution in [0.5, 0.6) is 0 Å². The Hall–Kier alpha value is -0.690. The lowest BCUT2D eigenvalue weighted by Crippen LogP contribution is -2.33. The van der Waals surface area contributed by atoms with E-state index in [0.29, 0.717) is 6.54 Å². The number of hydrogen-bond donors (Lipinski definition) is 1. The van der Waals surface area contributed by atoms with Crippen molar-refractivity contribution in [2.45, 2.75) is 6.04 Å². The lowest BCUT2D eigenvalue weighted by Gasteiger charge is -2.23. The second kappa shape index (κ2) is 6.65. The molecule has 1 unspecified atom stereocenters. The molecule has 0 aliphatic rings. The summed E-state index contributed by atoms with van der Waals surface area (Å²) in [5.41, 5.74) is 0. The summed E-state index contributed by atoms with van der Waals surface area (Å²) in [7, 11) is 4.05. The molecule has 0 radical (unpaired) electrons. The second-order valence-corrected chi connectivity index (χ2v) is 7.05. The number of nitrogens with zero attached hydrogens (tertiary/aromatic N) is 1. The molecule has 1 N–H and O–H groups in total. The van der Waals surface area contributed by atoms with Crippen molar-refractivity contribution in [1.29, 1.82) is 0 Å². The normalized spacial score (nSPS) is 12.6. The van der Waals surface area contributed by atoms with Gasteiger partial charge in [0.15, 0.2) is 0 Å². The molecule has 0 bridgehead atoms. The van der Waals surface area contributed by atoms with Crippen molar-refractivity contribution < 1.29 is 4.79 Å². The Bertz CT molecular complexity index is 537. The minimum Gasteiger partial charge on any atom is -0.349 e. The molecule has 3 nitrogen and oxygen atoms in total. The molecule has 0 aliphatic carbocycles. The van der Waals surface area contributed by atoms with Crippen LogP contribution < -0.4 is 5.32 Å². The Morgan fingerprint density at radius 3 is 2.68 bits per heavy atom. The molecule has 0 saturated carbocycles. The zero-order valence-electron chi connectivity index (χ0n) is 10.7. The standard InChI is InChI=1S/C13H15BrN2OS2/c1-16(2)10(11-4-3-6-18-11)8-15-13(17)12-9(14)5-7-19-12/h3-7,10H,8H2,1-2H3,(H,15,17). The highest BCUT2D eigenvalue weighted by Gasteiger charge is 2.18. The molecule has 0 saturated heterocycles. The maximum absolute atomic E-state index is 12.1. The van der Waals surface area contributed by atoms with E-state index in [-0.39, 0.29) is 11.9 Å². The first-order valence-corrected chi connectivity index (χ1v) is 8.36. The summed E-state index contributed by atoms with van der Waals surface area (Å²) in [5, 5.41) is 6.97. The summed E-state index contributed by atoms with van der Waals surface area (Å²) in [6.45, 7) is 0.608. The third kappa shape index (κ3) is 3.66. The van der Waals surface area contributed by atoms with Crippen LogP contribution in [0.1, 0.15) is 20.6 Å². The largest absolute Gasteiger partial charge is 0.349 e. The molecule has 6 heteroatoms. The van der Waals surface area contributed by atoms with Crippen molar-refractivity contribution in [2.75, 3.05) is 20.6 Å². The number of nitrogens with one attached hydrogen (secondary N) is 1. The molecule has 19 heavy (non-hydrogen) atoms. The van der Waals surface area contributed by atoms with Gasteiger partial charge in [0.2, 0.25) is 0 Å². The number of thiophene rings is 2. The van der Waals surface area contributed by atoms with Crippen LogP contribution in [0.25, 0.3) is 0 Å². The highest BCUT2D eigenvalue weighted by molar-refractivity contribution is 9.10. The van der Waals surface area contributed by atoms with E-state index in [0.717, 1.165) is 9.35 Å². The average Bonchev–Trinajstić information content (AvgIpc) is 3.00. The minimum absolute atomic E-state index is 0.0229. The van der Waals surface area contributed by atoms with Crippen LogP contribution in [0.2, 0.25) is 0 Å². The van der Waals surface area contributed by atoms with Gasteiger partial charge in [-0.2, -0.15) is 0 Å². The summed E-state index contributed by atoms with van der Waals surface area (Å²) >= 11 is 6.54. The van der Waals surface area contributed by atoms with E-state index in [1.54, 1.807) is 11.3 Å². The highest BCUT2D eigenvalue weighted by atomic mass is 79.9. The summed E-state index contributed by atoms with van der Waals surface area (Å²) in [6.07, 6.45) is 0. The molecule has 2 aromatic heterocycles. The number of hydrogen-bond acceptors (Lipinski definition) is 4.